The maximum atomic E-state index is 12.5. The van der Waals surface area contributed by atoms with Gasteiger partial charge in [-0.3, -0.25) is 9.59 Å². The van der Waals surface area contributed by atoms with E-state index >= 15 is 0 Å². The van der Waals surface area contributed by atoms with Crippen molar-refractivity contribution < 1.29 is 9.59 Å². The van der Waals surface area contributed by atoms with Gasteiger partial charge in [-0.05, 0) is 61.8 Å². The second-order valence-corrected chi connectivity index (χ2v) is 7.78. The maximum absolute atomic E-state index is 12.5. The van der Waals surface area contributed by atoms with Gasteiger partial charge in [-0.15, -0.1) is 0 Å². The number of amides is 2. The molecule has 1 atom stereocenters. The molecule has 2 heterocycles. The van der Waals surface area contributed by atoms with Crippen molar-refractivity contribution in [1.29, 1.82) is 0 Å². The summed E-state index contributed by atoms with van der Waals surface area (Å²) in [6.45, 7) is 4.49. The molecule has 0 radical (unpaired) electrons. The minimum Gasteiger partial charge on any atom is -0.358 e. The lowest BCUT2D eigenvalue weighted by molar-refractivity contribution is -0.127. The monoisotopic (exact) mass is 353 g/mol. The van der Waals surface area contributed by atoms with E-state index in [1.807, 2.05) is 23.1 Å². The predicted octanol–water partition coefficient (Wildman–Crippen LogP) is 3.04. The first-order valence-electron chi connectivity index (χ1n) is 9.81. The van der Waals surface area contributed by atoms with Gasteiger partial charge in [0.25, 0.3) is 5.91 Å². The second kappa shape index (κ2) is 7.14. The van der Waals surface area contributed by atoms with Crippen molar-refractivity contribution in [3.63, 3.8) is 0 Å². The third-order valence-electron chi connectivity index (χ3n) is 5.76. The van der Waals surface area contributed by atoms with Gasteiger partial charge in [0.1, 0.15) is 0 Å². The molecular formula is C21H27N3O2. The molecule has 1 saturated heterocycles. The first-order chi connectivity index (χ1) is 12.6. The van der Waals surface area contributed by atoms with Gasteiger partial charge in [0.15, 0.2) is 0 Å². The van der Waals surface area contributed by atoms with Crippen LogP contribution in [0.2, 0.25) is 0 Å². The van der Waals surface area contributed by atoms with Crippen LogP contribution in [0.1, 0.15) is 54.2 Å². The van der Waals surface area contributed by atoms with Gasteiger partial charge in [0, 0.05) is 48.2 Å². The van der Waals surface area contributed by atoms with Gasteiger partial charge in [-0.2, -0.15) is 0 Å². The van der Waals surface area contributed by atoms with E-state index in [0.29, 0.717) is 18.9 Å². The molecule has 138 valence electrons. The summed E-state index contributed by atoms with van der Waals surface area (Å²) in [5.41, 5.74) is 4.58. The average molecular weight is 353 g/mol. The van der Waals surface area contributed by atoms with Gasteiger partial charge in [0.2, 0.25) is 5.91 Å². The topological polar surface area (TPSA) is 65.2 Å². The molecule has 5 nitrogen and oxygen atoms in total. The molecule has 1 aliphatic heterocycles. The largest absolute Gasteiger partial charge is 0.358 e. The highest BCUT2D eigenvalue weighted by molar-refractivity contribution is 5.99. The van der Waals surface area contributed by atoms with E-state index in [9.17, 15) is 9.59 Å². The highest BCUT2D eigenvalue weighted by Gasteiger charge is 2.21. The third kappa shape index (κ3) is 3.35. The Morgan fingerprint density at radius 3 is 3.04 bits per heavy atom. The maximum Gasteiger partial charge on any atom is 0.251 e. The highest BCUT2D eigenvalue weighted by atomic mass is 16.2. The number of nitrogens with one attached hydrogen (secondary N) is 2. The fourth-order valence-corrected chi connectivity index (χ4v) is 4.25. The van der Waals surface area contributed by atoms with Crippen LogP contribution in [0.25, 0.3) is 10.9 Å². The minimum absolute atomic E-state index is 0.0292. The Morgan fingerprint density at radius 2 is 2.23 bits per heavy atom. The van der Waals surface area contributed by atoms with Crippen molar-refractivity contribution in [2.45, 2.75) is 45.4 Å². The van der Waals surface area contributed by atoms with Crippen molar-refractivity contribution in [1.82, 2.24) is 15.2 Å². The van der Waals surface area contributed by atoms with E-state index in [1.165, 1.54) is 23.1 Å². The normalized spacial score (nSPS) is 19.8. The quantitative estimate of drug-likeness (QED) is 0.812. The number of hydrogen-bond donors (Lipinski definition) is 2. The summed E-state index contributed by atoms with van der Waals surface area (Å²) in [7, 11) is 0. The number of carbonyl (C=O) groups excluding carboxylic acids is 2. The zero-order valence-corrected chi connectivity index (χ0v) is 15.4. The number of aryl methyl sites for hydroxylation is 1. The Bertz CT molecular complexity index is 839. The zero-order chi connectivity index (χ0) is 18.1. The lowest BCUT2D eigenvalue weighted by Crippen LogP contribution is -2.30. The number of aromatic amines is 1. The fraction of sp³-hybridized carbons (Fsp3) is 0.524. The van der Waals surface area contributed by atoms with Crippen molar-refractivity contribution in [2.75, 3.05) is 19.6 Å². The SMILES string of the molecule is C[C@H]1CCc2[nH]c3ccc(C(=O)NCCCN4CCCC4=O)cc3c2C1. The van der Waals surface area contributed by atoms with Gasteiger partial charge < -0.3 is 15.2 Å². The van der Waals surface area contributed by atoms with Crippen LogP contribution in [0.3, 0.4) is 0 Å². The van der Waals surface area contributed by atoms with Crippen molar-refractivity contribution in [3.05, 3.63) is 35.0 Å². The molecule has 2 aliphatic rings. The van der Waals surface area contributed by atoms with E-state index in [2.05, 4.69) is 17.2 Å². The van der Waals surface area contributed by atoms with E-state index in [4.69, 9.17) is 0 Å². The molecule has 1 aliphatic carbocycles. The lowest BCUT2D eigenvalue weighted by atomic mass is 9.87. The van der Waals surface area contributed by atoms with Crippen LogP contribution >= 0.6 is 0 Å². The Morgan fingerprint density at radius 1 is 1.35 bits per heavy atom. The number of nitrogens with zero attached hydrogens (tertiary/aromatic N) is 1. The molecule has 0 saturated carbocycles. The van der Waals surface area contributed by atoms with E-state index in [1.54, 1.807) is 0 Å². The van der Waals surface area contributed by atoms with E-state index in [0.717, 1.165) is 49.9 Å². The molecule has 2 aromatic rings. The molecule has 1 aromatic heterocycles. The molecule has 5 heteroatoms. The molecule has 0 bridgehead atoms. The van der Waals surface area contributed by atoms with Crippen LogP contribution in [-0.4, -0.2) is 41.3 Å². The van der Waals surface area contributed by atoms with Crippen LogP contribution in [0.5, 0.6) is 0 Å². The summed E-state index contributed by atoms with van der Waals surface area (Å²) in [4.78, 5) is 29.5. The van der Waals surface area contributed by atoms with Gasteiger partial charge >= 0.3 is 0 Å². The number of rotatable bonds is 5. The second-order valence-electron chi connectivity index (χ2n) is 7.78. The molecule has 0 spiro atoms. The Hall–Kier alpha value is -2.30. The smallest absolute Gasteiger partial charge is 0.251 e. The summed E-state index contributed by atoms with van der Waals surface area (Å²) in [6, 6.07) is 5.95. The summed E-state index contributed by atoms with van der Waals surface area (Å²) < 4.78 is 0. The molecule has 0 unspecified atom stereocenters. The van der Waals surface area contributed by atoms with Gasteiger partial charge in [-0.1, -0.05) is 6.92 Å². The summed E-state index contributed by atoms with van der Waals surface area (Å²) in [5, 5.41) is 4.19. The number of likely N-dealkylation sites (tertiary alicyclic amines) is 1. The molecule has 2 N–H and O–H groups in total. The van der Waals surface area contributed by atoms with E-state index < -0.39 is 0 Å². The first-order valence-corrected chi connectivity index (χ1v) is 9.81. The third-order valence-corrected chi connectivity index (χ3v) is 5.76. The van der Waals surface area contributed by atoms with Crippen LogP contribution in [-0.2, 0) is 17.6 Å². The minimum atomic E-state index is -0.0292. The van der Waals surface area contributed by atoms with Crippen LogP contribution < -0.4 is 5.32 Å². The van der Waals surface area contributed by atoms with Gasteiger partial charge in [0.05, 0.1) is 0 Å². The highest BCUT2D eigenvalue weighted by Crippen LogP contribution is 2.32. The number of carbonyl (C=O) groups is 2. The zero-order valence-electron chi connectivity index (χ0n) is 15.4. The van der Waals surface area contributed by atoms with Crippen molar-refractivity contribution in [3.8, 4) is 0 Å². The Labute approximate surface area is 154 Å². The van der Waals surface area contributed by atoms with E-state index in [-0.39, 0.29) is 11.8 Å². The molecular weight excluding hydrogens is 326 g/mol. The number of H-pyrrole nitrogens is 1. The summed E-state index contributed by atoms with van der Waals surface area (Å²) in [6.07, 6.45) is 5.85. The molecule has 4 rings (SSSR count). The molecule has 1 fully saturated rings. The van der Waals surface area contributed by atoms with Crippen molar-refractivity contribution >= 4 is 22.7 Å². The fourth-order valence-electron chi connectivity index (χ4n) is 4.25. The molecule has 2 amide bonds. The Kier molecular flexibility index (Phi) is 4.70. The average Bonchev–Trinajstić information content (AvgIpc) is 3.21. The summed E-state index contributed by atoms with van der Waals surface area (Å²) >= 11 is 0. The summed E-state index contributed by atoms with van der Waals surface area (Å²) in [5.74, 6) is 0.916. The number of aromatic nitrogens is 1. The number of hydrogen-bond acceptors (Lipinski definition) is 2. The van der Waals surface area contributed by atoms with Crippen LogP contribution in [0.4, 0.5) is 0 Å². The lowest BCUT2D eigenvalue weighted by Gasteiger charge is -2.18. The van der Waals surface area contributed by atoms with Crippen LogP contribution in [0.15, 0.2) is 18.2 Å². The predicted molar refractivity (Wildman–Crippen MR) is 102 cm³/mol. The molecule has 26 heavy (non-hydrogen) atoms. The number of benzene rings is 1. The van der Waals surface area contributed by atoms with Gasteiger partial charge in [-0.25, -0.2) is 0 Å². The molecule has 1 aromatic carbocycles. The Balaban J connectivity index is 1.39. The first kappa shape index (κ1) is 17.1. The standard InChI is InChI=1S/C21H27N3O2/c1-14-5-7-18-16(12-14)17-13-15(6-8-19(17)23-18)21(26)22-9-3-11-24-10-2-4-20(24)25/h6,8,13-14,23H,2-5,7,9-12H2,1H3,(H,22,26)/t14-/m0/s1. The number of fused-ring (bicyclic) bond motifs is 3. The van der Waals surface area contributed by atoms with Crippen molar-refractivity contribution in [2.24, 2.45) is 5.92 Å². The van der Waals surface area contributed by atoms with Crippen LogP contribution in [0, 0.1) is 5.92 Å².